The molecule has 0 spiro atoms. The minimum atomic E-state index is -1.42. The molecule has 0 heterocycles. The summed E-state index contributed by atoms with van der Waals surface area (Å²) < 4.78 is 5.92. The van der Waals surface area contributed by atoms with Gasteiger partial charge in [-0.3, -0.25) is 0 Å². The molecule has 28 heavy (non-hydrogen) atoms. The van der Waals surface area contributed by atoms with Crippen LogP contribution in [0.25, 0.3) is 27.3 Å². The zero-order valence-corrected chi connectivity index (χ0v) is 23.2. The van der Waals surface area contributed by atoms with Crippen LogP contribution in [-0.2, 0) is 30.6 Å². The van der Waals surface area contributed by atoms with Gasteiger partial charge in [0.15, 0.2) is 0 Å². The number of fused-ring (bicyclic) bond motifs is 3. The Morgan fingerprint density at radius 3 is 1.71 bits per heavy atom. The average Bonchev–Trinajstić information content (AvgIpc) is 2.92. The van der Waals surface area contributed by atoms with Crippen molar-refractivity contribution >= 4 is 43.6 Å². The van der Waals surface area contributed by atoms with Crippen LogP contribution in [0.15, 0.2) is 54.6 Å². The van der Waals surface area contributed by atoms with Crippen LogP contribution in [0.2, 0.25) is 32.7 Å². The Labute approximate surface area is 203 Å². The molecule has 3 rings (SSSR count). The molecule has 7 heteroatoms. The Morgan fingerprint density at radius 2 is 1.36 bits per heavy atom. The Bertz CT molecular complexity index is 821. The molecule has 0 radical (unpaired) electrons. The van der Waals surface area contributed by atoms with Gasteiger partial charge in [0.05, 0.1) is 8.41 Å². The molecule has 0 bridgehead atoms. The number of halogens is 2. The first kappa shape index (κ1) is 30.0. The van der Waals surface area contributed by atoms with Gasteiger partial charge in [0.1, 0.15) is 0 Å². The van der Waals surface area contributed by atoms with Crippen LogP contribution in [0.4, 0.5) is 0 Å². The summed E-state index contributed by atoms with van der Waals surface area (Å²) in [5.41, 5.74) is 7.17. The first-order valence-corrected chi connectivity index (χ1v) is 14.8. The van der Waals surface area contributed by atoms with Gasteiger partial charge in [-0.1, -0.05) is 49.5 Å². The largest absolute Gasteiger partial charge is 4.00 e. The summed E-state index contributed by atoms with van der Waals surface area (Å²) in [4.78, 5) is 0. The number of nitrogens with one attached hydrogen (secondary N) is 1. The van der Waals surface area contributed by atoms with Crippen LogP contribution < -0.4 is 24.8 Å². The molecule has 1 N–H and O–H groups in total. The molecule has 0 saturated heterocycles. The standard InChI is InChI=1S/C13H9.C8H20NOSi2.2ClH.Zr/c1-3-7-12-10(5-1)9-11-6-2-4-8-13(11)12;1-11(2)8(6-7-9)10-12(3,4)5;;;/h1-9H;9H,6-7H2,1-5H3;2*1H;/q2*-1;;;+4/p-2. The predicted octanol–water partition coefficient (Wildman–Crippen LogP) is 0.464. The molecule has 150 valence electrons. The Morgan fingerprint density at radius 1 is 0.929 bits per heavy atom. The summed E-state index contributed by atoms with van der Waals surface area (Å²) in [6.45, 7) is 11.5. The van der Waals surface area contributed by atoms with Crippen molar-refractivity contribution in [1.29, 1.82) is 0 Å². The molecule has 0 aliphatic rings. The fourth-order valence-corrected chi connectivity index (χ4v) is 5.99. The van der Waals surface area contributed by atoms with Crippen molar-refractivity contribution in [2.45, 2.75) is 39.2 Å². The summed E-state index contributed by atoms with van der Waals surface area (Å²) in [5, 5.41) is 6.61. The van der Waals surface area contributed by atoms with Crippen molar-refractivity contribution in [3.63, 3.8) is 0 Å². The van der Waals surface area contributed by atoms with Crippen LogP contribution in [0.1, 0.15) is 6.42 Å². The van der Waals surface area contributed by atoms with Crippen LogP contribution in [0.5, 0.6) is 0 Å². The molecule has 0 atom stereocenters. The fourth-order valence-electron chi connectivity index (χ4n) is 2.79. The zero-order chi connectivity index (χ0) is 18.4. The summed E-state index contributed by atoms with van der Waals surface area (Å²) >= 11 is 0. The molecule has 0 unspecified atom stereocenters. The molecule has 0 aromatic heterocycles. The monoisotopic (exact) mass is 527 g/mol. The molecule has 0 fully saturated rings. The first-order chi connectivity index (χ1) is 11.8. The molecule has 0 aliphatic carbocycles. The van der Waals surface area contributed by atoms with Crippen molar-refractivity contribution in [3.8, 4) is 0 Å². The van der Waals surface area contributed by atoms with E-state index in [4.69, 9.17) is 10.2 Å². The predicted molar refractivity (Wildman–Crippen MR) is 118 cm³/mol. The average molecular weight is 530 g/mol. The molecule has 0 amide bonds. The van der Waals surface area contributed by atoms with Crippen molar-refractivity contribution in [2.24, 2.45) is 0 Å². The van der Waals surface area contributed by atoms with Gasteiger partial charge >= 0.3 is 26.2 Å². The van der Waals surface area contributed by atoms with E-state index in [9.17, 15) is 0 Å². The molecule has 2 nitrogen and oxygen atoms in total. The molecule has 0 aliphatic heterocycles. The second kappa shape index (κ2) is 13.9. The molecular weight excluding hydrogens is 501 g/mol. The van der Waals surface area contributed by atoms with Crippen molar-refractivity contribution < 1.29 is 55.4 Å². The van der Waals surface area contributed by atoms with Gasteiger partial charge in [-0.25, -0.2) is 0 Å². The molecule has 3 aromatic rings. The van der Waals surface area contributed by atoms with Gasteiger partial charge in [0.2, 0.25) is 8.32 Å². The second-order valence-electron chi connectivity index (χ2n) is 7.46. The van der Waals surface area contributed by atoms with E-state index in [-0.39, 0.29) is 51.0 Å². The Hall–Kier alpha value is -0.163. The third-order valence-corrected chi connectivity index (χ3v) is 6.39. The zero-order valence-electron chi connectivity index (χ0n) is 17.3. The normalized spacial score (nSPS) is 9.93. The summed E-state index contributed by atoms with van der Waals surface area (Å²) in [5.74, 6) is 0. The summed E-state index contributed by atoms with van der Waals surface area (Å²) in [7, 11) is -1.87. The summed E-state index contributed by atoms with van der Waals surface area (Å²) in [6, 6.07) is 19.3. The molecule has 3 aromatic carbocycles. The maximum atomic E-state index is 7.17. The smallest absolute Gasteiger partial charge is 1.00 e. The van der Waals surface area contributed by atoms with E-state index in [1.807, 2.05) is 0 Å². The SMILES string of the molecule is C[Si](C)=C(CC[NH-])O[Si](C)(C)C.[Cl-].[Cl-].[Zr+4].c1ccc2c(c1)[cH-]c1ccccc12. The molecular formula is C21H29Cl2NOSi2Zr. The number of hydrogen-bond acceptors (Lipinski definition) is 1. The quantitative estimate of drug-likeness (QED) is 0.357. The van der Waals surface area contributed by atoms with E-state index in [2.05, 4.69) is 87.3 Å². The van der Waals surface area contributed by atoms with Crippen LogP contribution in [0, 0.1) is 0 Å². The topological polar surface area (TPSA) is 33.0 Å². The van der Waals surface area contributed by atoms with Gasteiger partial charge in [-0.15, -0.1) is 46.3 Å². The van der Waals surface area contributed by atoms with E-state index < -0.39 is 16.7 Å². The third-order valence-electron chi connectivity index (χ3n) is 3.86. The first-order valence-electron chi connectivity index (χ1n) is 8.85. The maximum absolute atomic E-state index is 7.17. The Kier molecular flexibility index (Phi) is 15.0. The van der Waals surface area contributed by atoms with E-state index in [0.717, 1.165) is 6.42 Å². The van der Waals surface area contributed by atoms with Crippen LogP contribution in [0.3, 0.4) is 0 Å². The van der Waals surface area contributed by atoms with Gasteiger partial charge in [-0.05, 0) is 26.1 Å². The number of benzene rings is 2. The van der Waals surface area contributed by atoms with Gasteiger partial charge in [-0.2, -0.15) is 0 Å². The maximum Gasteiger partial charge on any atom is 4.00 e. The summed E-state index contributed by atoms with van der Waals surface area (Å²) in [6.07, 6.45) is 0.839. The van der Waals surface area contributed by atoms with Crippen molar-refractivity contribution in [1.82, 2.24) is 0 Å². The minimum absolute atomic E-state index is 0. The van der Waals surface area contributed by atoms with Gasteiger partial charge in [0, 0.05) is 5.35 Å². The Balaban J connectivity index is 0. The van der Waals surface area contributed by atoms with E-state index in [1.54, 1.807) is 0 Å². The number of rotatable bonds is 4. The number of hydrogen-bond donors (Lipinski definition) is 0. The van der Waals surface area contributed by atoms with E-state index >= 15 is 0 Å². The minimum Gasteiger partial charge on any atom is -1.00 e. The van der Waals surface area contributed by atoms with Crippen LogP contribution in [-0.4, -0.2) is 28.6 Å². The fraction of sp³-hybridized carbons (Fsp3) is 0.333. The van der Waals surface area contributed by atoms with E-state index in [0.29, 0.717) is 6.54 Å². The van der Waals surface area contributed by atoms with Gasteiger partial charge < -0.3 is 35.0 Å². The molecule has 0 saturated carbocycles. The third kappa shape index (κ3) is 9.11. The van der Waals surface area contributed by atoms with Crippen molar-refractivity contribution in [3.05, 3.63) is 60.3 Å². The van der Waals surface area contributed by atoms with Crippen LogP contribution >= 0.6 is 0 Å². The second-order valence-corrected chi connectivity index (χ2v) is 14.4. The van der Waals surface area contributed by atoms with E-state index in [1.165, 1.54) is 26.9 Å². The van der Waals surface area contributed by atoms with Gasteiger partial charge in [0.25, 0.3) is 0 Å². The van der Waals surface area contributed by atoms with Crippen molar-refractivity contribution in [2.75, 3.05) is 6.54 Å².